The predicted octanol–water partition coefficient (Wildman–Crippen LogP) is 3.23. The maximum absolute atomic E-state index is 9.73. The number of rotatable bonds is 4. The van der Waals surface area contributed by atoms with Crippen LogP contribution in [0.3, 0.4) is 0 Å². The third-order valence-electron chi connectivity index (χ3n) is 1.97. The summed E-state index contributed by atoms with van der Waals surface area (Å²) in [4.78, 5) is 0. The number of hydrogen-bond donors (Lipinski definition) is 1. The SMILES string of the molecule is CCC=C=CCC(O)c1ccccc1. The van der Waals surface area contributed by atoms with Crippen LogP contribution in [0.5, 0.6) is 0 Å². The van der Waals surface area contributed by atoms with Gasteiger partial charge < -0.3 is 5.11 Å². The van der Waals surface area contributed by atoms with Gasteiger partial charge in [0.1, 0.15) is 0 Å². The molecule has 0 saturated heterocycles. The van der Waals surface area contributed by atoms with E-state index < -0.39 is 6.10 Å². The van der Waals surface area contributed by atoms with Gasteiger partial charge in [-0.25, -0.2) is 0 Å². The molecule has 0 aliphatic heterocycles. The molecule has 1 heteroatoms. The van der Waals surface area contributed by atoms with Crippen LogP contribution in [0.15, 0.2) is 48.2 Å². The molecular weight excluding hydrogens is 172 g/mol. The van der Waals surface area contributed by atoms with Crippen LogP contribution in [0, 0.1) is 0 Å². The minimum absolute atomic E-state index is 0.408. The second-order valence-corrected chi connectivity index (χ2v) is 3.15. The van der Waals surface area contributed by atoms with Gasteiger partial charge in [-0.1, -0.05) is 37.3 Å². The predicted molar refractivity (Wildman–Crippen MR) is 59.0 cm³/mol. The summed E-state index contributed by atoms with van der Waals surface area (Å²) < 4.78 is 0. The Morgan fingerprint density at radius 2 is 2.00 bits per heavy atom. The molecule has 1 N–H and O–H groups in total. The highest BCUT2D eigenvalue weighted by atomic mass is 16.3. The van der Waals surface area contributed by atoms with Gasteiger partial charge in [-0.05, 0) is 24.1 Å². The molecule has 1 rings (SSSR count). The quantitative estimate of drug-likeness (QED) is 0.719. The summed E-state index contributed by atoms with van der Waals surface area (Å²) in [6.45, 7) is 2.06. The molecule has 0 aliphatic rings. The van der Waals surface area contributed by atoms with E-state index in [-0.39, 0.29) is 0 Å². The van der Waals surface area contributed by atoms with Crippen molar-refractivity contribution < 1.29 is 5.11 Å². The molecule has 0 fully saturated rings. The molecule has 1 aromatic rings. The van der Waals surface area contributed by atoms with Gasteiger partial charge in [0.15, 0.2) is 0 Å². The summed E-state index contributed by atoms with van der Waals surface area (Å²) in [5.74, 6) is 0. The third kappa shape index (κ3) is 3.61. The van der Waals surface area contributed by atoms with Crippen molar-refractivity contribution in [3.63, 3.8) is 0 Å². The van der Waals surface area contributed by atoms with Crippen molar-refractivity contribution in [2.24, 2.45) is 0 Å². The molecule has 1 atom stereocenters. The molecule has 1 unspecified atom stereocenters. The Kier molecular flexibility index (Phi) is 4.77. The summed E-state index contributed by atoms with van der Waals surface area (Å²) in [6.07, 6.45) is 5.03. The normalized spacial score (nSPS) is 11.6. The van der Waals surface area contributed by atoms with Gasteiger partial charge in [0.2, 0.25) is 0 Å². The standard InChI is InChI=1S/C13H16O/c1-2-3-4-8-11-13(14)12-9-6-5-7-10-12/h3,5-10,13-14H,2,11H2,1H3. The molecule has 0 radical (unpaired) electrons. The van der Waals surface area contributed by atoms with Gasteiger partial charge in [-0.3, -0.25) is 0 Å². The molecular formula is C13H16O. The number of hydrogen-bond acceptors (Lipinski definition) is 1. The Morgan fingerprint density at radius 1 is 1.29 bits per heavy atom. The van der Waals surface area contributed by atoms with Crippen molar-refractivity contribution in [1.82, 2.24) is 0 Å². The van der Waals surface area contributed by atoms with Crippen LogP contribution in [-0.2, 0) is 0 Å². The molecule has 1 nitrogen and oxygen atoms in total. The number of aliphatic hydroxyl groups is 1. The van der Waals surface area contributed by atoms with Crippen molar-refractivity contribution in [2.75, 3.05) is 0 Å². The van der Waals surface area contributed by atoms with Crippen molar-refractivity contribution in [3.8, 4) is 0 Å². The molecule has 14 heavy (non-hydrogen) atoms. The first-order chi connectivity index (χ1) is 6.84. The second kappa shape index (κ2) is 6.20. The fraction of sp³-hybridized carbons (Fsp3) is 0.308. The number of aliphatic hydroxyl groups excluding tert-OH is 1. The highest BCUT2D eigenvalue weighted by Crippen LogP contribution is 2.15. The van der Waals surface area contributed by atoms with Gasteiger partial charge in [-0.2, -0.15) is 0 Å². The lowest BCUT2D eigenvalue weighted by atomic mass is 10.1. The Morgan fingerprint density at radius 3 is 2.64 bits per heavy atom. The first kappa shape index (κ1) is 10.8. The van der Waals surface area contributed by atoms with Gasteiger partial charge >= 0.3 is 0 Å². The van der Waals surface area contributed by atoms with Gasteiger partial charge in [0, 0.05) is 6.42 Å². The molecule has 0 aliphatic carbocycles. The average molecular weight is 188 g/mol. The van der Waals surface area contributed by atoms with Gasteiger partial charge in [0.25, 0.3) is 0 Å². The molecule has 0 amide bonds. The summed E-state index contributed by atoms with van der Waals surface area (Å²) >= 11 is 0. The van der Waals surface area contributed by atoms with Crippen LogP contribution in [0.25, 0.3) is 0 Å². The fourth-order valence-electron chi connectivity index (χ4n) is 1.19. The Labute approximate surface area is 85.4 Å². The van der Waals surface area contributed by atoms with E-state index in [4.69, 9.17) is 0 Å². The monoisotopic (exact) mass is 188 g/mol. The van der Waals surface area contributed by atoms with Crippen LogP contribution >= 0.6 is 0 Å². The summed E-state index contributed by atoms with van der Waals surface area (Å²) in [6, 6.07) is 9.68. The van der Waals surface area contributed by atoms with Crippen molar-refractivity contribution in [2.45, 2.75) is 25.9 Å². The van der Waals surface area contributed by atoms with E-state index in [2.05, 4.69) is 12.7 Å². The third-order valence-corrected chi connectivity index (χ3v) is 1.97. The Balaban J connectivity index is 2.51. The zero-order valence-corrected chi connectivity index (χ0v) is 8.48. The van der Waals surface area contributed by atoms with Crippen molar-refractivity contribution in [1.29, 1.82) is 0 Å². The van der Waals surface area contributed by atoms with Crippen molar-refractivity contribution in [3.05, 3.63) is 53.8 Å². The minimum Gasteiger partial charge on any atom is -0.388 e. The molecule has 0 saturated carbocycles. The van der Waals surface area contributed by atoms with Crippen LogP contribution < -0.4 is 0 Å². The van der Waals surface area contributed by atoms with E-state index in [0.717, 1.165) is 12.0 Å². The average Bonchev–Trinajstić information content (AvgIpc) is 2.25. The zero-order valence-electron chi connectivity index (χ0n) is 8.48. The lowest BCUT2D eigenvalue weighted by Crippen LogP contribution is -1.94. The maximum Gasteiger partial charge on any atom is 0.0830 e. The van der Waals surface area contributed by atoms with Crippen molar-refractivity contribution >= 4 is 0 Å². The van der Waals surface area contributed by atoms with Crippen LogP contribution in [0.2, 0.25) is 0 Å². The largest absolute Gasteiger partial charge is 0.388 e. The zero-order chi connectivity index (χ0) is 10.2. The van der Waals surface area contributed by atoms with Crippen LogP contribution in [0.4, 0.5) is 0 Å². The lowest BCUT2D eigenvalue weighted by Gasteiger charge is -2.06. The minimum atomic E-state index is -0.408. The van der Waals surface area contributed by atoms with E-state index in [0.29, 0.717) is 6.42 Å². The first-order valence-corrected chi connectivity index (χ1v) is 4.97. The smallest absolute Gasteiger partial charge is 0.0830 e. The first-order valence-electron chi connectivity index (χ1n) is 4.97. The van der Waals surface area contributed by atoms with Crippen LogP contribution in [-0.4, -0.2) is 5.11 Å². The summed E-state index contributed by atoms with van der Waals surface area (Å²) in [5, 5.41) is 9.73. The second-order valence-electron chi connectivity index (χ2n) is 3.15. The van der Waals surface area contributed by atoms with Gasteiger partial charge in [0.05, 0.1) is 6.10 Å². The Hall–Kier alpha value is -1.30. The van der Waals surface area contributed by atoms with E-state index in [9.17, 15) is 5.11 Å². The fourth-order valence-corrected chi connectivity index (χ4v) is 1.19. The lowest BCUT2D eigenvalue weighted by molar-refractivity contribution is 0.181. The van der Waals surface area contributed by atoms with E-state index in [1.54, 1.807) is 0 Å². The Bertz CT molecular complexity index is 307. The topological polar surface area (TPSA) is 20.2 Å². The highest BCUT2D eigenvalue weighted by molar-refractivity contribution is 5.17. The molecule has 0 aromatic heterocycles. The van der Waals surface area contributed by atoms with Crippen LogP contribution in [0.1, 0.15) is 31.4 Å². The summed E-state index contributed by atoms with van der Waals surface area (Å²) in [7, 11) is 0. The maximum atomic E-state index is 9.73. The van der Waals surface area contributed by atoms with Gasteiger partial charge in [-0.15, -0.1) is 5.73 Å². The molecule has 0 heterocycles. The molecule has 0 spiro atoms. The molecule has 74 valence electrons. The highest BCUT2D eigenvalue weighted by Gasteiger charge is 2.02. The summed E-state index contributed by atoms with van der Waals surface area (Å²) in [5.41, 5.74) is 3.99. The molecule has 0 bridgehead atoms. The molecule has 1 aromatic carbocycles. The van der Waals surface area contributed by atoms with E-state index in [1.165, 1.54) is 0 Å². The van der Waals surface area contributed by atoms with E-state index >= 15 is 0 Å². The van der Waals surface area contributed by atoms with E-state index in [1.807, 2.05) is 42.5 Å². The number of benzene rings is 1.